The van der Waals surface area contributed by atoms with Gasteiger partial charge < -0.3 is 4.18 Å². The highest BCUT2D eigenvalue weighted by atomic mass is 35.6. The summed E-state index contributed by atoms with van der Waals surface area (Å²) in [4.78, 5) is 0. The summed E-state index contributed by atoms with van der Waals surface area (Å²) in [5, 5.41) is 0. The van der Waals surface area contributed by atoms with Crippen molar-refractivity contribution >= 4 is 59.0 Å². The van der Waals surface area contributed by atoms with Crippen molar-refractivity contribution in [1.29, 1.82) is 0 Å². The zero-order valence-electron chi connectivity index (χ0n) is 5.17. The predicted octanol–water partition coefficient (Wildman–Crippen LogP) is 3.37. The van der Waals surface area contributed by atoms with E-state index in [0.29, 0.717) is 6.54 Å². The fourth-order valence-corrected chi connectivity index (χ4v) is 2.88. The van der Waals surface area contributed by atoms with Crippen LogP contribution in [-0.4, -0.2) is 13.4 Å². The Morgan fingerprint density at radius 1 is 1.55 bits per heavy atom. The lowest BCUT2D eigenvalue weighted by molar-refractivity contribution is 0.517. The van der Waals surface area contributed by atoms with Crippen LogP contribution in [0.1, 0.15) is 0 Å². The van der Waals surface area contributed by atoms with Crippen LogP contribution in [0.5, 0.6) is 0 Å². The molecule has 0 aromatic carbocycles. The van der Waals surface area contributed by atoms with E-state index in [1.807, 2.05) is 6.08 Å². The van der Waals surface area contributed by atoms with Gasteiger partial charge in [0.1, 0.15) is 6.26 Å². The second-order valence-electron chi connectivity index (χ2n) is 1.59. The lowest BCUT2D eigenvalue weighted by Gasteiger charge is -2.22. The van der Waals surface area contributed by atoms with E-state index in [-0.39, 0.29) is 0 Å². The minimum absolute atomic E-state index is 0.698. The van der Waals surface area contributed by atoms with Gasteiger partial charge >= 0.3 is 0 Å². The third-order valence-corrected chi connectivity index (χ3v) is 2.84. The zero-order chi connectivity index (χ0) is 8.32. The molecule has 11 heavy (non-hydrogen) atoms. The molecule has 0 amide bonds. The number of nitrogens with zero attached hydrogens (tertiary/aromatic N) is 1. The summed E-state index contributed by atoms with van der Waals surface area (Å²) in [6.45, 7) is 0.698. The molecular formula is C4H4Cl3NOS2. The van der Waals surface area contributed by atoms with Gasteiger partial charge in [-0.15, -0.1) is 0 Å². The van der Waals surface area contributed by atoms with Gasteiger partial charge in [-0.1, -0.05) is 34.8 Å². The molecule has 0 unspecified atom stereocenters. The third-order valence-electron chi connectivity index (χ3n) is 0.738. The predicted molar refractivity (Wildman–Crippen MR) is 52.4 cm³/mol. The first-order valence-electron chi connectivity index (χ1n) is 2.60. The van der Waals surface area contributed by atoms with E-state index >= 15 is 0 Å². The number of alkyl halides is 3. The topological polar surface area (TPSA) is 12.5 Å². The molecule has 0 fully saturated rings. The van der Waals surface area contributed by atoms with E-state index in [4.69, 9.17) is 39.0 Å². The second kappa shape index (κ2) is 4.35. The maximum absolute atomic E-state index is 5.53. The quantitative estimate of drug-likeness (QED) is 0.403. The normalized spacial score (nSPS) is 19.9. The first-order chi connectivity index (χ1) is 5.08. The van der Waals surface area contributed by atoms with Gasteiger partial charge in [-0.3, -0.25) is 0 Å². The monoisotopic (exact) mass is 251 g/mol. The molecule has 0 bridgehead atoms. The first-order valence-corrected chi connectivity index (χ1v) is 5.20. The van der Waals surface area contributed by atoms with Crippen molar-refractivity contribution < 1.29 is 4.18 Å². The van der Waals surface area contributed by atoms with Crippen LogP contribution in [0.15, 0.2) is 12.3 Å². The van der Waals surface area contributed by atoms with Crippen molar-refractivity contribution in [2.75, 3.05) is 6.54 Å². The highest BCUT2D eigenvalue weighted by Gasteiger charge is 2.26. The van der Waals surface area contributed by atoms with Crippen molar-refractivity contribution in [3.63, 3.8) is 0 Å². The first kappa shape index (κ1) is 10.2. The Morgan fingerprint density at radius 2 is 2.27 bits per heavy atom. The maximum Gasteiger partial charge on any atom is 0.252 e. The largest absolute Gasteiger partial charge is 0.417 e. The van der Waals surface area contributed by atoms with Crippen LogP contribution >= 0.6 is 59.0 Å². The van der Waals surface area contributed by atoms with E-state index in [2.05, 4.69) is 0 Å². The van der Waals surface area contributed by atoms with Gasteiger partial charge in [-0.05, 0) is 18.0 Å². The van der Waals surface area contributed by atoms with E-state index in [1.165, 1.54) is 0 Å². The van der Waals surface area contributed by atoms with E-state index < -0.39 is 3.12 Å². The van der Waals surface area contributed by atoms with Crippen molar-refractivity contribution in [2.45, 2.75) is 3.12 Å². The summed E-state index contributed by atoms with van der Waals surface area (Å²) in [7, 11) is 0. The molecular weight excluding hydrogens is 249 g/mol. The molecule has 0 aliphatic carbocycles. The molecule has 0 saturated heterocycles. The summed E-state index contributed by atoms with van der Waals surface area (Å²) in [6.07, 6.45) is 3.43. The molecule has 7 heteroatoms. The lowest BCUT2D eigenvalue weighted by Crippen LogP contribution is -2.14. The van der Waals surface area contributed by atoms with Gasteiger partial charge in [0.05, 0.1) is 0 Å². The van der Waals surface area contributed by atoms with Gasteiger partial charge in [-0.2, -0.15) is 3.71 Å². The number of hydrogen-bond acceptors (Lipinski definition) is 4. The molecule has 0 atom stereocenters. The van der Waals surface area contributed by atoms with Gasteiger partial charge in [0.2, 0.25) is 0 Å². The van der Waals surface area contributed by atoms with Crippen LogP contribution in [0.25, 0.3) is 0 Å². The van der Waals surface area contributed by atoms with Crippen LogP contribution in [-0.2, 0) is 4.18 Å². The average Bonchev–Trinajstić information content (AvgIpc) is 1.85. The number of rotatable bonds is 1. The summed E-state index contributed by atoms with van der Waals surface area (Å²) in [5.74, 6) is 0. The van der Waals surface area contributed by atoms with Crippen molar-refractivity contribution in [3.8, 4) is 0 Å². The molecule has 1 heterocycles. The third kappa shape index (κ3) is 4.60. The highest BCUT2D eigenvalue weighted by molar-refractivity contribution is 8.13. The SMILES string of the molecule is ClC(Cl)(Cl)SN1CC=COS1. The number of hydrogen-bond donors (Lipinski definition) is 0. The van der Waals surface area contributed by atoms with E-state index in [9.17, 15) is 0 Å². The molecule has 0 spiro atoms. The Labute approximate surface area is 88.6 Å². The Kier molecular flexibility index (Phi) is 4.01. The highest BCUT2D eigenvalue weighted by Crippen LogP contribution is 2.44. The average molecular weight is 253 g/mol. The maximum atomic E-state index is 5.53. The number of halogens is 3. The molecule has 0 radical (unpaired) electrons. The van der Waals surface area contributed by atoms with Crippen LogP contribution in [0.3, 0.4) is 0 Å². The summed E-state index contributed by atoms with van der Waals surface area (Å²) >= 11 is 18.8. The molecule has 1 aliphatic rings. The smallest absolute Gasteiger partial charge is 0.252 e. The zero-order valence-corrected chi connectivity index (χ0v) is 9.07. The molecule has 1 aliphatic heterocycles. The minimum atomic E-state index is -1.32. The van der Waals surface area contributed by atoms with Crippen molar-refractivity contribution in [3.05, 3.63) is 12.3 Å². The fourth-order valence-electron chi connectivity index (χ4n) is 0.440. The van der Waals surface area contributed by atoms with Gasteiger partial charge in [-0.25, -0.2) is 0 Å². The van der Waals surface area contributed by atoms with Crippen molar-refractivity contribution in [2.24, 2.45) is 0 Å². The molecule has 2 nitrogen and oxygen atoms in total. The van der Waals surface area contributed by atoms with Gasteiger partial charge in [0, 0.05) is 6.54 Å². The van der Waals surface area contributed by atoms with Crippen LogP contribution in [0, 0.1) is 0 Å². The Hall–Kier alpha value is 1.07. The lowest BCUT2D eigenvalue weighted by atomic mass is 10.6. The second-order valence-corrected chi connectivity index (χ2v) is 6.80. The van der Waals surface area contributed by atoms with Gasteiger partial charge in [0.25, 0.3) is 3.12 Å². The van der Waals surface area contributed by atoms with Crippen LogP contribution < -0.4 is 0 Å². The summed E-state index contributed by atoms with van der Waals surface area (Å²) < 4.78 is 5.30. The van der Waals surface area contributed by atoms with E-state index in [0.717, 1.165) is 24.2 Å². The van der Waals surface area contributed by atoms with Crippen molar-refractivity contribution in [1.82, 2.24) is 3.71 Å². The molecule has 0 N–H and O–H groups in total. The van der Waals surface area contributed by atoms with Gasteiger partial charge in [0.15, 0.2) is 12.2 Å². The molecule has 1 rings (SSSR count). The molecule has 0 aromatic rings. The fraction of sp³-hybridized carbons (Fsp3) is 0.500. The Balaban J connectivity index is 2.32. The summed E-state index contributed by atoms with van der Waals surface area (Å²) in [6, 6.07) is 0. The minimum Gasteiger partial charge on any atom is -0.417 e. The van der Waals surface area contributed by atoms with Crippen LogP contribution in [0.2, 0.25) is 0 Å². The Morgan fingerprint density at radius 3 is 2.73 bits per heavy atom. The molecule has 0 aromatic heterocycles. The standard InChI is InChI=1S/C4H4Cl3NOS2/c5-4(6,7)10-8-2-1-3-9-11-8/h1,3H,2H2. The molecule has 64 valence electrons. The Bertz CT molecular complexity index is 160. The molecule has 0 saturated carbocycles. The van der Waals surface area contributed by atoms with Crippen LogP contribution in [0.4, 0.5) is 0 Å². The summed E-state index contributed by atoms with van der Waals surface area (Å²) in [5.41, 5.74) is 0. The van der Waals surface area contributed by atoms with E-state index in [1.54, 1.807) is 9.97 Å².